The van der Waals surface area contributed by atoms with Gasteiger partial charge in [-0.3, -0.25) is 0 Å². The van der Waals surface area contributed by atoms with Gasteiger partial charge in [-0.05, 0) is 0 Å². The van der Waals surface area contributed by atoms with Gasteiger partial charge in [-0.2, -0.15) is 0 Å². The Morgan fingerprint density at radius 2 is 2.00 bits per heavy atom. The van der Waals surface area contributed by atoms with Gasteiger partial charge < -0.3 is 0 Å². The fraction of sp³-hybridized carbons (Fsp3) is 0.636. The zero-order chi connectivity index (χ0) is 12.0. The predicted octanol–water partition coefficient (Wildman–Crippen LogP) is 1.24. The van der Waals surface area contributed by atoms with Crippen molar-refractivity contribution in [3.05, 3.63) is 23.3 Å². The molecule has 0 bridgehead atoms. The summed E-state index contributed by atoms with van der Waals surface area (Å²) in [6.07, 6.45) is 2.18. The van der Waals surface area contributed by atoms with E-state index in [-0.39, 0.29) is 16.9 Å². The lowest BCUT2D eigenvalue weighted by Gasteiger charge is -2.20. The highest BCUT2D eigenvalue weighted by atomic mass is 32.2. The SMILES string of the molecule is CC(C)(C)c1ncc2c(n1)CCS(=O)(=O)C2. The van der Waals surface area contributed by atoms with Crippen LogP contribution in [-0.2, 0) is 27.4 Å². The normalized spacial score (nSPS) is 19.2. The molecule has 1 aliphatic rings. The van der Waals surface area contributed by atoms with Crippen LogP contribution in [0.4, 0.5) is 0 Å². The second kappa shape index (κ2) is 3.52. The van der Waals surface area contributed by atoms with Gasteiger partial charge in [0.05, 0.1) is 11.5 Å². The quantitative estimate of drug-likeness (QED) is 0.684. The van der Waals surface area contributed by atoms with E-state index in [1.165, 1.54) is 0 Å². The number of sulfone groups is 1. The Labute approximate surface area is 96.0 Å². The van der Waals surface area contributed by atoms with Crippen LogP contribution in [0.15, 0.2) is 6.20 Å². The van der Waals surface area contributed by atoms with Gasteiger partial charge in [0.1, 0.15) is 5.82 Å². The molecular weight excluding hydrogens is 224 g/mol. The number of hydrogen-bond acceptors (Lipinski definition) is 4. The minimum Gasteiger partial charge on any atom is -0.240 e. The van der Waals surface area contributed by atoms with E-state index in [0.717, 1.165) is 17.1 Å². The Morgan fingerprint density at radius 3 is 2.62 bits per heavy atom. The molecular formula is C11H16N2O2S. The van der Waals surface area contributed by atoms with E-state index in [1.54, 1.807) is 6.20 Å². The summed E-state index contributed by atoms with van der Waals surface area (Å²) in [5, 5.41) is 0. The lowest BCUT2D eigenvalue weighted by Crippen LogP contribution is -2.24. The molecule has 0 saturated heterocycles. The minimum absolute atomic E-state index is 0.0900. The highest BCUT2D eigenvalue weighted by molar-refractivity contribution is 7.90. The van der Waals surface area contributed by atoms with Gasteiger partial charge in [-0.15, -0.1) is 0 Å². The topological polar surface area (TPSA) is 59.9 Å². The average Bonchev–Trinajstić information content (AvgIpc) is 2.14. The molecule has 88 valence electrons. The van der Waals surface area contributed by atoms with Crippen molar-refractivity contribution < 1.29 is 8.42 Å². The highest BCUT2D eigenvalue weighted by Crippen LogP contribution is 2.23. The molecule has 0 radical (unpaired) electrons. The number of fused-ring (bicyclic) bond motifs is 1. The van der Waals surface area contributed by atoms with Gasteiger partial charge in [-0.25, -0.2) is 18.4 Å². The Hall–Kier alpha value is -0.970. The smallest absolute Gasteiger partial charge is 0.154 e. The molecule has 1 aromatic heterocycles. The van der Waals surface area contributed by atoms with Gasteiger partial charge in [0.25, 0.3) is 0 Å². The third-order valence-electron chi connectivity index (χ3n) is 2.65. The van der Waals surface area contributed by atoms with Gasteiger partial charge in [-0.1, -0.05) is 20.8 Å². The molecule has 2 rings (SSSR count). The van der Waals surface area contributed by atoms with Crippen molar-refractivity contribution in [2.45, 2.75) is 38.4 Å². The van der Waals surface area contributed by atoms with Crippen molar-refractivity contribution in [3.63, 3.8) is 0 Å². The Bertz CT molecular complexity index is 515. The number of nitrogens with zero attached hydrogens (tertiary/aromatic N) is 2. The summed E-state index contributed by atoms with van der Waals surface area (Å²) in [7, 11) is -2.92. The van der Waals surface area contributed by atoms with Gasteiger partial charge in [0, 0.05) is 29.3 Å². The van der Waals surface area contributed by atoms with Crippen molar-refractivity contribution >= 4 is 9.84 Å². The van der Waals surface area contributed by atoms with E-state index in [1.807, 2.05) is 20.8 Å². The van der Waals surface area contributed by atoms with Crippen molar-refractivity contribution in [2.75, 3.05) is 5.75 Å². The molecule has 0 amide bonds. The molecule has 0 aromatic carbocycles. The summed E-state index contributed by atoms with van der Waals surface area (Å²) < 4.78 is 22.9. The predicted molar refractivity (Wildman–Crippen MR) is 61.9 cm³/mol. The first-order valence-electron chi connectivity index (χ1n) is 5.34. The van der Waals surface area contributed by atoms with Crippen molar-refractivity contribution in [2.24, 2.45) is 0 Å². The zero-order valence-electron chi connectivity index (χ0n) is 9.82. The van der Waals surface area contributed by atoms with Crippen LogP contribution < -0.4 is 0 Å². The van der Waals surface area contributed by atoms with Crippen molar-refractivity contribution in [3.8, 4) is 0 Å². The van der Waals surface area contributed by atoms with E-state index < -0.39 is 9.84 Å². The van der Waals surface area contributed by atoms with Crippen LogP contribution in [0.5, 0.6) is 0 Å². The molecule has 5 heteroatoms. The Morgan fingerprint density at radius 1 is 1.31 bits per heavy atom. The van der Waals surface area contributed by atoms with E-state index >= 15 is 0 Å². The second-order valence-electron chi connectivity index (χ2n) is 5.26. The van der Waals surface area contributed by atoms with E-state index in [0.29, 0.717) is 6.42 Å². The molecule has 4 nitrogen and oxygen atoms in total. The van der Waals surface area contributed by atoms with Gasteiger partial charge >= 0.3 is 0 Å². The van der Waals surface area contributed by atoms with E-state index in [9.17, 15) is 8.42 Å². The molecule has 16 heavy (non-hydrogen) atoms. The molecule has 1 aliphatic heterocycles. The maximum Gasteiger partial charge on any atom is 0.154 e. The first-order valence-corrected chi connectivity index (χ1v) is 7.16. The van der Waals surface area contributed by atoms with E-state index in [4.69, 9.17) is 0 Å². The fourth-order valence-electron chi connectivity index (χ4n) is 1.70. The highest BCUT2D eigenvalue weighted by Gasteiger charge is 2.25. The van der Waals surface area contributed by atoms with Crippen LogP contribution in [0.2, 0.25) is 0 Å². The van der Waals surface area contributed by atoms with Crippen LogP contribution in [-0.4, -0.2) is 24.1 Å². The summed E-state index contributed by atoms with van der Waals surface area (Å²) in [5.41, 5.74) is 1.57. The number of aromatic nitrogens is 2. The molecule has 0 fully saturated rings. The van der Waals surface area contributed by atoms with Crippen LogP contribution in [0, 0.1) is 0 Å². The van der Waals surface area contributed by atoms with Crippen LogP contribution in [0.3, 0.4) is 0 Å². The van der Waals surface area contributed by atoms with Crippen LogP contribution in [0.1, 0.15) is 37.9 Å². The zero-order valence-corrected chi connectivity index (χ0v) is 10.6. The van der Waals surface area contributed by atoms with Crippen LogP contribution >= 0.6 is 0 Å². The lowest BCUT2D eigenvalue weighted by atomic mass is 9.95. The first-order chi connectivity index (χ1) is 7.28. The molecule has 0 saturated carbocycles. The molecule has 0 unspecified atom stereocenters. The summed E-state index contributed by atoms with van der Waals surface area (Å²) in [6.45, 7) is 6.15. The summed E-state index contributed by atoms with van der Waals surface area (Å²) in [6, 6.07) is 0. The Balaban J connectivity index is 2.43. The third kappa shape index (κ3) is 2.24. The van der Waals surface area contributed by atoms with Crippen molar-refractivity contribution in [1.29, 1.82) is 0 Å². The van der Waals surface area contributed by atoms with Gasteiger partial charge in [0.15, 0.2) is 9.84 Å². The van der Waals surface area contributed by atoms with E-state index in [2.05, 4.69) is 9.97 Å². The first kappa shape index (κ1) is 11.5. The lowest BCUT2D eigenvalue weighted by molar-refractivity contribution is 0.538. The van der Waals surface area contributed by atoms with Crippen LogP contribution in [0.25, 0.3) is 0 Å². The standard InChI is InChI=1S/C11H16N2O2S/c1-11(2,3)10-12-6-8-7-16(14,15)5-4-9(8)13-10/h6H,4-5,7H2,1-3H3. The largest absolute Gasteiger partial charge is 0.240 e. The summed E-state index contributed by atoms with van der Waals surface area (Å²) in [4.78, 5) is 8.73. The number of hydrogen-bond donors (Lipinski definition) is 0. The monoisotopic (exact) mass is 240 g/mol. The van der Waals surface area contributed by atoms with Crippen molar-refractivity contribution in [1.82, 2.24) is 9.97 Å². The summed E-state index contributed by atoms with van der Waals surface area (Å²) >= 11 is 0. The molecule has 0 atom stereocenters. The molecule has 0 spiro atoms. The fourth-order valence-corrected chi connectivity index (χ4v) is 3.07. The third-order valence-corrected chi connectivity index (χ3v) is 4.23. The molecule has 0 N–H and O–H groups in total. The number of rotatable bonds is 0. The molecule has 1 aromatic rings. The molecule has 0 aliphatic carbocycles. The maximum atomic E-state index is 11.4. The Kier molecular flexibility index (Phi) is 2.53. The second-order valence-corrected chi connectivity index (χ2v) is 7.44. The van der Waals surface area contributed by atoms with Gasteiger partial charge in [0.2, 0.25) is 0 Å². The number of aryl methyl sites for hydroxylation is 1. The maximum absolute atomic E-state index is 11.4. The minimum atomic E-state index is -2.92. The summed E-state index contributed by atoms with van der Waals surface area (Å²) in [5.74, 6) is 1.08. The average molecular weight is 240 g/mol. The molecule has 2 heterocycles.